The Labute approximate surface area is 52.1 Å². The van der Waals surface area contributed by atoms with E-state index >= 15 is 0 Å². The summed E-state index contributed by atoms with van der Waals surface area (Å²) in [5.74, 6) is 4.31. The fourth-order valence-corrected chi connectivity index (χ4v) is 2.35. The Morgan fingerprint density at radius 2 is 2.14 bits per heavy atom. The molecule has 0 aliphatic rings. The first kappa shape index (κ1) is 7.57. The Bertz CT molecular complexity index is 63.0. The van der Waals surface area contributed by atoms with Gasteiger partial charge in [0.2, 0.25) is 0 Å². The van der Waals surface area contributed by atoms with Crippen molar-refractivity contribution in [1.82, 2.24) is 0 Å². The van der Waals surface area contributed by atoms with E-state index in [0.29, 0.717) is 0 Å². The Morgan fingerprint density at radius 1 is 1.71 bits per heavy atom. The zero-order valence-electron chi connectivity index (χ0n) is 4.87. The maximum absolute atomic E-state index is 5.95. The molecule has 0 amide bonds. The number of allylic oxidation sites excluding steroid dienone is 1. The van der Waals surface area contributed by atoms with Crippen LogP contribution in [0.1, 0.15) is 0 Å². The van der Waals surface area contributed by atoms with Crippen molar-refractivity contribution in [1.29, 1.82) is 0 Å². The molecule has 2 heteroatoms. The van der Waals surface area contributed by atoms with E-state index in [4.69, 9.17) is 10.0 Å². The molecule has 0 atom stereocenters. The molecule has 0 aliphatic heterocycles. The summed E-state index contributed by atoms with van der Waals surface area (Å²) >= 11 is -1.73. The molecular formula is C5H11ClGe. The van der Waals surface area contributed by atoms with Crippen LogP contribution < -0.4 is 0 Å². The SMILES string of the molecule is C=C[CH2][Ge]([CH3])([CH3])[Cl]. The van der Waals surface area contributed by atoms with Gasteiger partial charge < -0.3 is 0 Å². The summed E-state index contributed by atoms with van der Waals surface area (Å²) < 4.78 is 0. The second-order valence-corrected chi connectivity index (χ2v) is 15.6. The van der Waals surface area contributed by atoms with Crippen LogP contribution in [0.5, 0.6) is 0 Å². The van der Waals surface area contributed by atoms with E-state index in [0.717, 1.165) is 5.25 Å². The van der Waals surface area contributed by atoms with Crippen molar-refractivity contribution in [2.24, 2.45) is 0 Å². The average molecular weight is 179 g/mol. The fraction of sp³-hybridized carbons (Fsp3) is 0.600. The standard InChI is InChI=1S/C5H11ClGe/c1-4-5-7(2,3)6/h4H,1,5H2,2-3H3. The van der Waals surface area contributed by atoms with Crippen LogP contribution in [0.3, 0.4) is 0 Å². The summed E-state index contributed by atoms with van der Waals surface area (Å²) in [6, 6.07) is 0. The third-order valence-corrected chi connectivity index (χ3v) is 4.07. The first-order valence-electron chi connectivity index (χ1n) is 2.36. The molecule has 0 nitrogen and oxygen atoms in total. The molecule has 7 heavy (non-hydrogen) atoms. The molecule has 0 fully saturated rings. The molecule has 0 aromatic heterocycles. The van der Waals surface area contributed by atoms with Gasteiger partial charge in [0, 0.05) is 0 Å². The van der Waals surface area contributed by atoms with Gasteiger partial charge in [-0.05, 0) is 0 Å². The molecule has 0 saturated heterocycles. The van der Waals surface area contributed by atoms with Crippen molar-refractivity contribution >= 4 is 22.3 Å². The number of hydrogen-bond donors (Lipinski definition) is 0. The first-order valence-corrected chi connectivity index (χ1v) is 10.8. The van der Waals surface area contributed by atoms with Crippen LogP contribution in [0, 0.1) is 0 Å². The van der Waals surface area contributed by atoms with E-state index in [2.05, 4.69) is 18.1 Å². The van der Waals surface area contributed by atoms with Crippen molar-refractivity contribution in [2.75, 3.05) is 0 Å². The average Bonchev–Trinajstić information content (AvgIpc) is 1.30. The monoisotopic (exact) mass is 180 g/mol. The van der Waals surface area contributed by atoms with Gasteiger partial charge in [-0.3, -0.25) is 0 Å². The van der Waals surface area contributed by atoms with Gasteiger partial charge in [0.15, 0.2) is 0 Å². The number of rotatable bonds is 2. The minimum atomic E-state index is -1.73. The van der Waals surface area contributed by atoms with Gasteiger partial charge in [0.05, 0.1) is 0 Å². The second-order valence-electron chi connectivity index (χ2n) is 2.21. The Kier molecular flexibility index (Phi) is 3.00. The Balaban J connectivity index is 3.34. The Morgan fingerprint density at radius 3 is 2.14 bits per heavy atom. The number of hydrogen-bond acceptors (Lipinski definition) is 0. The maximum atomic E-state index is 5.95. The normalized spacial score (nSPS) is 11.3. The summed E-state index contributed by atoms with van der Waals surface area (Å²) in [6.07, 6.45) is 1.91. The van der Waals surface area contributed by atoms with E-state index in [1.54, 1.807) is 0 Å². The zero-order chi connectivity index (χ0) is 5.91. The van der Waals surface area contributed by atoms with Crippen molar-refractivity contribution in [3.8, 4) is 0 Å². The molecule has 0 unspecified atom stereocenters. The van der Waals surface area contributed by atoms with Gasteiger partial charge in [-0.25, -0.2) is 0 Å². The summed E-state index contributed by atoms with van der Waals surface area (Å²) in [5.41, 5.74) is 0. The van der Waals surface area contributed by atoms with Gasteiger partial charge in [-0.2, -0.15) is 0 Å². The van der Waals surface area contributed by atoms with E-state index in [1.807, 2.05) is 6.08 Å². The molecule has 0 N–H and O–H groups in total. The molecule has 0 aromatic rings. The molecule has 0 saturated carbocycles. The van der Waals surface area contributed by atoms with Gasteiger partial charge in [0.1, 0.15) is 0 Å². The summed E-state index contributed by atoms with van der Waals surface area (Å²) in [6.45, 7) is 3.61. The second kappa shape index (κ2) is 2.78. The third kappa shape index (κ3) is 6.57. The van der Waals surface area contributed by atoms with Crippen LogP contribution in [0.25, 0.3) is 0 Å². The molecule has 0 radical (unpaired) electrons. The zero-order valence-corrected chi connectivity index (χ0v) is 7.72. The quantitative estimate of drug-likeness (QED) is 0.451. The Hall–Kier alpha value is 0.573. The molecule has 0 bridgehead atoms. The molecule has 0 heterocycles. The molecule has 0 spiro atoms. The van der Waals surface area contributed by atoms with Crippen LogP contribution >= 0.6 is 10.0 Å². The first-order chi connectivity index (χ1) is 3.06. The van der Waals surface area contributed by atoms with E-state index in [9.17, 15) is 0 Å². The van der Waals surface area contributed by atoms with E-state index in [-0.39, 0.29) is 0 Å². The van der Waals surface area contributed by atoms with Crippen LogP contribution in [0.15, 0.2) is 12.7 Å². The molecule has 42 valence electrons. The van der Waals surface area contributed by atoms with Crippen molar-refractivity contribution in [3.05, 3.63) is 12.7 Å². The number of halogens is 1. The van der Waals surface area contributed by atoms with Crippen LogP contribution in [-0.4, -0.2) is 12.3 Å². The van der Waals surface area contributed by atoms with Gasteiger partial charge >= 0.3 is 51.8 Å². The summed E-state index contributed by atoms with van der Waals surface area (Å²) in [4.78, 5) is 0. The van der Waals surface area contributed by atoms with Crippen LogP contribution in [0.4, 0.5) is 0 Å². The minimum absolute atomic E-state index is 1.06. The topological polar surface area (TPSA) is 0 Å². The fourth-order valence-electron chi connectivity index (χ4n) is 0.343. The van der Waals surface area contributed by atoms with Gasteiger partial charge in [0.25, 0.3) is 0 Å². The van der Waals surface area contributed by atoms with Crippen molar-refractivity contribution in [3.63, 3.8) is 0 Å². The van der Waals surface area contributed by atoms with Gasteiger partial charge in [-0.1, -0.05) is 0 Å². The third-order valence-electron chi connectivity index (χ3n) is 0.630. The molecular weight excluding hydrogens is 168 g/mol. The van der Waals surface area contributed by atoms with Crippen molar-refractivity contribution < 1.29 is 0 Å². The molecule has 0 aromatic carbocycles. The molecule has 0 rings (SSSR count). The predicted octanol–water partition coefficient (Wildman–Crippen LogP) is 2.62. The van der Waals surface area contributed by atoms with Crippen LogP contribution in [-0.2, 0) is 0 Å². The predicted molar refractivity (Wildman–Crippen MR) is 38.3 cm³/mol. The summed E-state index contributed by atoms with van der Waals surface area (Å²) in [5, 5.41) is 1.06. The van der Waals surface area contributed by atoms with Crippen LogP contribution in [0.2, 0.25) is 16.8 Å². The van der Waals surface area contributed by atoms with E-state index in [1.165, 1.54) is 0 Å². The van der Waals surface area contributed by atoms with E-state index < -0.39 is 12.3 Å². The van der Waals surface area contributed by atoms with Gasteiger partial charge in [-0.15, -0.1) is 0 Å². The molecule has 0 aliphatic carbocycles. The van der Waals surface area contributed by atoms with Crippen molar-refractivity contribution in [2.45, 2.75) is 16.8 Å². The summed E-state index contributed by atoms with van der Waals surface area (Å²) in [7, 11) is 5.95.